The van der Waals surface area contributed by atoms with Gasteiger partial charge in [-0.1, -0.05) is 6.42 Å². The molecule has 15 heavy (non-hydrogen) atoms. The third-order valence-corrected chi connectivity index (χ3v) is 2.92. The minimum Gasteiger partial charge on any atom is -0.336 e. The summed E-state index contributed by atoms with van der Waals surface area (Å²) in [6.45, 7) is 2.02. The number of amides is 2. The zero-order valence-electron chi connectivity index (χ0n) is 9.11. The van der Waals surface area contributed by atoms with E-state index in [1.165, 1.54) is 4.90 Å². The molecule has 0 spiro atoms. The number of carbonyl (C=O) groups excluding carboxylic acids is 2. The first-order valence-corrected chi connectivity index (χ1v) is 5.95. The smallest absolute Gasteiger partial charge is 0.312 e. The Morgan fingerprint density at radius 1 is 1.13 bits per heavy atom. The lowest BCUT2D eigenvalue weighted by molar-refractivity contribution is -0.154. The minimum atomic E-state index is -0.379. The number of piperazine rings is 1. The van der Waals surface area contributed by atoms with Crippen molar-refractivity contribution in [2.45, 2.75) is 19.3 Å². The first-order valence-electron chi connectivity index (χ1n) is 5.32. The van der Waals surface area contributed by atoms with Crippen molar-refractivity contribution in [2.24, 2.45) is 0 Å². The molecule has 1 aliphatic heterocycles. The van der Waals surface area contributed by atoms with Gasteiger partial charge in [0.25, 0.3) is 0 Å². The van der Waals surface area contributed by atoms with E-state index in [9.17, 15) is 9.59 Å². The van der Waals surface area contributed by atoms with E-state index in [0.29, 0.717) is 19.6 Å². The molecule has 4 nitrogen and oxygen atoms in total. The molecule has 0 unspecified atom stereocenters. The van der Waals surface area contributed by atoms with Gasteiger partial charge in [0.2, 0.25) is 0 Å². The molecule has 1 rings (SSSR count). The molecule has 1 aliphatic rings. The van der Waals surface area contributed by atoms with Gasteiger partial charge in [0.15, 0.2) is 0 Å². The summed E-state index contributed by atoms with van der Waals surface area (Å²) in [5.74, 6) is 0.153. The monoisotopic (exact) mass is 230 g/mol. The molecule has 0 radical (unpaired) electrons. The highest BCUT2D eigenvalue weighted by Gasteiger charge is 2.29. The summed E-state index contributed by atoms with van der Waals surface area (Å²) in [4.78, 5) is 26.0. The summed E-state index contributed by atoms with van der Waals surface area (Å²) >= 11 is 4.12. The average Bonchev–Trinajstić information content (AvgIpc) is 2.24. The quantitative estimate of drug-likeness (QED) is 0.421. The summed E-state index contributed by atoms with van der Waals surface area (Å²) < 4.78 is 0. The van der Waals surface area contributed by atoms with Crippen molar-refractivity contribution < 1.29 is 9.59 Å². The van der Waals surface area contributed by atoms with Crippen molar-refractivity contribution in [1.82, 2.24) is 9.80 Å². The van der Waals surface area contributed by atoms with E-state index in [-0.39, 0.29) is 11.8 Å². The number of unbranched alkanes of at least 4 members (excludes halogenated alkanes) is 2. The zero-order valence-corrected chi connectivity index (χ0v) is 10.0. The van der Waals surface area contributed by atoms with Gasteiger partial charge >= 0.3 is 11.8 Å². The van der Waals surface area contributed by atoms with Crippen LogP contribution in [0.2, 0.25) is 0 Å². The predicted molar refractivity (Wildman–Crippen MR) is 61.9 cm³/mol. The summed E-state index contributed by atoms with van der Waals surface area (Å²) in [6, 6.07) is 0. The van der Waals surface area contributed by atoms with E-state index in [4.69, 9.17) is 0 Å². The maximum absolute atomic E-state index is 11.5. The van der Waals surface area contributed by atoms with Crippen LogP contribution in [0.1, 0.15) is 19.3 Å². The number of rotatable bonds is 5. The van der Waals surface area contributed by atoms with Crippen LogP contribution < -0.4 is 0 Å². The molecule has 5 heteroatoms. The Kier molecular flexibility index (Phi) is 4.94. The van der Waals surface area contributed by atoms with E-state index in [1.807, 2.05) is 0 Å². The molecule has 1 fully saturated rings. The third kappa shape index (κ3) is 3.41. The highest BCUT2D eigenvalue weighted by molar-refractivity contribution is 7.80. The second-order valence-corrected chi connectivity index (χ2v) is 4.25. The lowest BCUT2D eigenvalue weighted by atomic mass is 10.2. The molecular formula is C10H18N2O2S. The number of hydrogen-bond donors (Lipinski definition) is 1. The molecule has 0 atom stereocenters. The van der Waals surface area contributed by atoms with Gasteiger partial charge in [-0.15, -0.1) is 0 Å². The van der Waals surface area contributed by atoms with Crippen LogP contribution >= 0.6 is 12.6 Å². The number of hydrogen-bond acceptors (Lipinski definition) is 3. The van der Waals surface area contributed by atoms with Crippen molar-refractivity contribution in [3.63, 3.8) is 0 Å². The summed E-state index contributed by atoms with van der Waals surface area (Å²) in [7, 11) is 1.67. The van der Waals surface area contributed by atoms with Crippen molar-refractivity contribution in [2.75, 3.05) is 32.4 Å². The van der Waals surface area contributed by atoms with Crippen LogP contribution in [0.15, 0.2) is 0 Å². The van der Waals surface area contributed by atoms with E-state index in [0.717, 1.165) is 25.0 Å². The summed E-state index contributed by atoms with van der Waals surface area (Å²) in [6.07, 6.45) is 3.10. The molecule has 86 valence electrons. The standard InChI is InChI=1S/C10H18N2O2S/c1-11-6-7-12(10(14)9(11)13)5-3-2-4-8-15/h15H,2-8H2,1H3. The fourth-order valence-corrected chi connectivity index (χ4v) is 1.80. The van der Waals surface area contributed by atoms with Crippen LogP contribution in [0.3, 0.4) is 0 Å². The van der Waals surface area contributed by atoms with Crippen LogP contribution in [-0.2, 0) is 9.59 Å². The molecule has 2 amide bonds. The predicted octanol–water partition coefficient (Wildman–Crippen LogP) is 0.387. The van der Waals surface area contributed by atoms with Crippen molar-refractivity contribution in [3.8, 4) is 0 Å². The lowest BCUT2D eigenvalue weighted by Crippen LogP contribution is -2.52. The lowest BCUT2D eigenvalue weighted by Gasteiger charge is -2.31. The fourth-order valence-electron chi connectivity index (χ4n) is 1.58. The van der Waals surface area contributed by atoms with Gasteiger partial charge in [0.1, 0.15) is 0 Å². The van der Waals surface area contributed by atoms with Crippen molar-refractivity contribution in [3.05, 3.63) is 0 Å². The topological polar surface area (TPSA) is 40.6 Å². The molecule has 0 bridgehead atoms. The SMILES string of the molecule is CN1CCN(CCCCCS)C(=O)C1=O. The van der Waals surface area contributed by atoms with E-state index < -0.39 is 0 Å². The Morgan fingerprint density at radius 2 is 1.87 bits per heavy atom. The number of likely N-dealkylation sites (N-methyl/N-ethyl adjacent to an activating group) is 1. The van der Waals surface area contributed by atoms with Crippen LogP contribution in [0.25, 0.3) is 0 Å². The Balaban J connectivity index is 2.30. The molecule has 0 aromatic carbocycles. The summed E-state index contributed by atoms with van der Waals surface area (Å²) in [5, 5.41) is 0. The Morgan fingerprint density at radius 3 is 2.53 bits per heavy atom. The molecule has 0 aromatic heterocycles. The van der Waals surface area contributed by atoms with Crippen LogP contribution in [-0.4, -0.2) is 54.0 Å². The maximum atomic E-state index is 11.5. The number of nitrogens with zero attached hydrogens (tertiary/aromatic N) is 2. The van der Waals surface area contributed by atoms with E-state index in [1.54, 1.807) is 11.9 Å². The highest BCUT2D eigenvalue weighted by Crippen LogP contribution is 2.06. The molecular weight excluding hydrogens is 212 g/mol. The molecule has 1 saturated heterocycles. The molecule has 0 aromatic rings. The second kappa shape index (κ2) is 6.00. The fraction of sp³-hybridized carbons (Fsp3) is 0.800. The number of carbonyl (C=O) groups is 2. The largest absolute Gasteiger partial charge is 0.336 e. The Labute approximate surface area is 96.0 Å². The minimum absolute atomic E-state index is 0.352. The van der Waals surface area contributed by atoms with Crippen LogP contribution in [0.5, 0.6) is 0 Å². The van der Waals surface area contributed by atoms with Gasteiger partial charge in [-0.05, 0) is 18.6 Å². The highest BCUT2D eigenvalue weighted by atomic mass is 32.1. The van der Waals surface area contributed by atoms with Gasteiger partial charge in [-0.3, -0.25) is 9.59 Å². The first-order chi connectivity index (χ1) is 7.16. The average molecular weight is 230 g/mol. The van der Waals surface area contributed by atoms with Gasteiger partial charge in [-0.25, -0.2) is 0 Å². The van der Waals surface area contributed by atoms with E-state index in [2.05, 4.69) is 12.6 Å². The summed E-state index contributed by atoms with van der Waals surface area (Å²) in [5.41, 5.74) is 0. The zero-order chi connectivity index (χ0) is 11.3. The second-order valence-electron chi connectivity index (χ2n) is 3.80. The molecule has 0 aliphatic carbocycles. The van der Waals surface area contributed by atoms with Crippen LogP contribution in [0.4, 0.5) is 0 Å². The van der Waals surface area contributed by atoms with Gasteiger partial charge < -0.3 is 9.80 Å². The van der Waals surface area contributed by atoms with Crippen molar-refractivity contribution in [1.29, 1.82) is 0 Å². The Bertz CT molecular complexity index is 246. The first kappa shape index (κ1) is 12.4. The molecule has 0 N–H and O–H groups in total. The Hall–Kier alpha value is -0.710. The van der Waals surface area contributed by atoms with Gasteiger partial charge in [-0.2, -0.15) is 12.6 Å². The van der Waals surface area contributed by atoms with Gasteiger partial charge in [0, 0.05) is 26.7 Å². The van der Waals surface area contributed by atoms with Crippen molar-refractivity contribution >= 4 is 24.4 Å². The molecule has 1 heterocycles. The number of thiol groups is 1. The molecule has 0 saturated carbocycles. The van der Waals surface area contributed by atoms with Crippen LogP contribution in [0, 0.1) is 0 Å². The maximum Gasteiger partial charge on any atom is 0.312 e. The van der Waals surface area contributed by atoms with Gasteiger partial charge in [0.05, 0.1) is 0 Å². The van der Waals surface area contributed by atoms with E-state index >= 15 is 0 Å². The normalized spacial score (nSPS) is 17.5. The third-order valence-electron chi connectivity index (χ3n) is 2.61.